The molecule has 0 amide bonds. The molecule has 0 aliphatic rings. The molecule has 0 heterocycles. The minimum absolute atomic E-state index is 0.257. The van der Waals surface area contributed by atoms with E-state index in [1.807, 2.05) is 6.08 Å². The number of hydrogen-bond acceptors (Lipinski definition) is 1. The van der Waals surface area contributed by atoms with Gasteiger partial charge in [0.15, 0.2) is 8.32 Å². The Morgan fingerprint density at radius 2 is 1.76 bits per heavy atom. The Balaban J connectivity index is 4.17. The molecule has 0 aromatic carbocycles. The summed E-state index contributed by atoms with van der Waals surface area (Å²) in [5, 5.41) is 0.289. The summed E-state index contributed by atoms with van der Waals surface area (Å²) >= 11 is 0. The molecule has 0 saturated carbocycles. The molecule has 0 saturated heterocycles. The average molecular weight is 257 g/mol. The van der Waals surface area contributed by atoms with Crippen molar-refractivity contribution in [1.29, 1.82) is 0 Å². The van der Waals surface area contributed by atoms with Crippen LogP contribution in [-0.2, 0) is 4.43 Å². The summed E-state index contributed by atoms with van der Waals surface area (Å²) in [6.45, 7) is 17.7. The standard InChI is InChI=1S/C15H32OSi/c1-8-10-11-12-13-14(9-2)16-17(6,7)15(3,4)5/h9,14H,2,8,10-13H2,1,3-7H3. The fraction of sp³-hybridized carbons (Fsp3) is 0.867. The molecule has 0 aliphatic carbocycles. The Bertz CT molecular complexity index is 215. The van der Waals surface area contributed by atoms with E-state index in [1.165, 1.54) is 25.7 Å². The molecule has 17 heavy (non-hydrogen) atoms. The summed E-state index contributed by atoms with van der Waals surface area (Å²) < 4.78 is 6.35. The lowest BCUT2D eigenvalue weighted by Gasteiger charge is -2.38. The van der Waals surface area contributed by atoms with Gasteiger partial charge in [-0.2, -0.15) is 0 Å². The summed E-state index contributed by atoms with van der Waals surface area (Å²) in [5.74, 6) is 0. The van der Waals surface area contributed by atoms with Crippen molar-refractivity contribution in [3.05, 3.63) is 12.7 Å². The molecule has 102 valence electrons. The van der Waals surface area contributed by atoms with Crippen molar-refractivity contribution in [2.75, 3.05) is 0 Å². The zero-order valence-electron chi connectivity index (χ0n) is 12.8. The molecule has 1 nitrogen and oxygen atoms in total. The number of rotatable bonds is 8. The van der Waals surface area contributed by atoms with Gasteiger partial charge in [0.1, 0.15) is 0 Å². The summed E-state index contributed by atoms with van der Waals surface area (Å²) in [5.41, 5.74) is 0. The van der Waals surface area contributed by atoms with Gasteiger partial charge in [0, 0.05) is 0 Å². The van der Waals surface area contributed by atoms with Crippen molar-refractivity contribution in [3.63, 3.8) is 0 Å². The minimum Gasteiger partial charge on any atom is -0.411 e. The number of hydrogen-bond donors (Lipinski definition) is 0. The molecule has 1 atom stereocenters. The zero-order chi connectivity index (χ0) is 13.5. The minimum atomic E-state index is -1.63. The van der Waals surface area contributed by atoms with Crippen LogP contribution in [0.2, 0.25) is 18.1 Å². The van der Waals surface area contributed by atoms with Gasteiger partial charge in [-0.3, -0.25) is 0 Å². The smallest absolute Gasteiger partial charge is 0.192 e. The van der Waals surface area contributed by atoms with Gasteiger partial charge < -0.3 is 4.43 Å². The van der Waals surface area contributed by atoms with Crippen LogP contribution in [0.1, 0.15) is 59.8 Å². The highest BCUT2D eigenvalue weighted by atomic mass is 28.4. The van der Waals surface area contributed by atoms with Gasteiger partial charge in [-0.15, -0.1) is 6.58 Å². The average Bonchev–Trinajstić information content (AvgIpc) is 2.20. The first-order valence-corrected chi connectivity index (χ1v) is 9.96. The maximum Gasteiger partial charge on any atom is 0.192 e. The quantitative estimate of drug-likeness (QED) is 0.315. The predicted octanol–water partition coefficient (Wildman–Crippen LogP) is 5.53. The monoisotopic (exact) mass is 256 g/mol. The lowest BCUT2D eigenvalue weighted by molar-refractivity contribution is 0.211. The van der Waals surface area contributed by atoms with Crippen molar-refractivity contribution in [3.8, 4) is 0 Å². The molecule has 0 aliphatic heterocycles. The van der Waals surface area contributed by atoms with Crippen LogP contribution in [0.25, 0.3) is 0 Å². The molecule has 2 heteroatoms. The zero-order valence-corrected chi connectivity index (χ0v) is 13.8. The molecular weight excluding hydrogens is 224 g/mol. The molecule has 0 radical (unpaired) electrons. The van der Waals surface area contributed by atoms with E-state index in [4.69, 9.17) is 4.43 Å². The Kier molecular flexibility index (Phi) is 7.34. The molecule has 0 rings (SSSR count). The van der Waals surface area contributed by atoms with E-state index in [9.17, 15) is 0 Å². The lowest BCUT2D eigenvalue weighted by atomic mass is 10.1. The summed E-state index contributed by atoms with van der Waals surface area (Å²) in [4.78, 5) is 0. The Labute approximate surface area is 110 Å². The third kappa shape index (κ3) is 6.42. The van der Waals surface area contributed by atoms with Gasteiger partial charge in [-0.1, -0.05) is 59.5 Å². The van der Waals surface area contributed by atoms with Crippen LogP contribution >= 0.6 is 0 Å². The van der Waals surface area contributed by atoms with Crippen LogP contribution in [0, 0.1) is 0 Å². The van der Waals surface area contributed by atoms with Crippen LogP contribution in [0.3, 0.4) is 0 Å². The summed E-state index contributed by atoms with van der Waals surface area (Å²) in [6, 6.07) is 0. The molecule has 1 unspecified atom stereocenters. The van der Waals surface area contributed by atoms with E-state index < -0.39 is 8.32 Å². The second-order valence-electron chi connectivity index (χ2n) is 6.50. The van der Waals surface area contributed by atoms with Gasteiger partial charge >= 0.3 is 0 Å². The van der Waals surface area contributed by atoms with Crippen molar-refractivity contribution in [2.45, 2.75) is 84.0 Å². The molecule has 0 aromatic rings. The first-order chi connectivity index (χ1) is 7.74. The van der Waals surface area contributed by atoms with Gasteiger partial charge in [0.25, 0.3) is 0 Å². The van der Waals surface area contributed by atoms with Gasteiger partial charge in [-0.05, 0) is 24.6 Å². The van der Waals surface area contributed by atoms with Gasteiger partial charge in [0.2, 0.25) is 0 Å². The van der Waals surface area contributed by atoms with Crippen molar-refractivity contribution in [2.24, 2.45) is 0 Å². The first kappa shape index (κ1) is 16.9. The van der Waals surface area contributed by atoms with E-state index >= 15 is 0 Å². The SMILES string of the molecule is C=CC(CCCCCC)O[Si](C)(C)C(C)(C)C. The van der Waals surface area contributed by atoms with Crippen molar-refractivity contribution < 1.29 is 4.43 Å². The van der Waals surface area contributed by atoms with Gasteiger partial charge in [-0.25, -0.2) is 0 Å². The van der Waals surface area contributed by atoms with Gasteiger partial charge in [0.05, 0.1) is 6.10 Å². The second-order valence-corrected chi connectivity index (χ2v) is 11.3. The molecular formula is C15H32OSi. The predicted molar refractivity (Wildman–Crippen MR) is 81.0 cm³/mol. The molecule has 0 bridgehead atoms. The Morgan fingerprint density at radius 3 is 2.18 bits per heavy atom. The maximum atomic E-state index is 6.35. The van der Waals surface area contributed by atoms with Crippen LogP contribution in [-0.4, -0.2) is 14.4 Å². The van der Waals surface area contributed by atoms with E-state index in [-0.39, 0.29) is 11.1 Å². The van der Waals surface area contributed by atoms with E-state index in [0.29, 0.717) is 0 Å². The Hall–Kier alpha value is -0.0831. The van der Waals surface area contributed by atoms with E-state index in [1.54, 1.807) is 0 Å². The highest BCUT2D eigenvalue weighted by molar-refractivity contribution is 6.74. The Morgan fingerprint density at radius 1 is 1.18 bits per heavy atom. The highest BCUT2D eigenvalue weighted by Crippen LogP contribution is 2.37. The van der Waals surface area contributed by atoms with Crippen LogP contribution in [0.4, 0.5) is 0 Å². The third-order valence-electron chi connectivity index (χ3n) is 3.86. The normalized spacial score (nSPS) is 14.7. The number of unbranched alkanes of at least 4 members (excludes halogenated alkanes) is 3. The van der Waals surface area contributed by atoms with Crippen LogP contribution < -0.4 is 0 Å². The fourth-order valence-electron chi connectivity index (χ4n) is 1.55. The van der Waals surface area contributed by atoms with Crippen LogP contribution in [0.5, 0.6) is 0 Å². The molecule has 0 spiro atoms. The summed E-state index contributed by atoms with van der Waals surface area (Å²) in [6.07, 6.45) is 8.60. The molecule has 0 N–H and O–H groups in total. The fourth-order valence-corrected chi connectivity index (χ4v) is 2.88. The van der Waals surface area contributed by atoms with Crippen LogP contribution in [0.15, 0.2) is 12.7 Å². The highest BCUT2D eigenvalue weighted by Gasteiger charge is 2.38. The van der Waals surface area contributed by atoms with Crippen molar-refractivity contribution in [1.82, 2.24) is 0 Å². The topological polar surface area (TPSA) is 9.23 Å². The van der Waals surface area contributed by atoms with Crippen molar-refractivity contribution >= 4 is 8.32 Å². The molecule has 0 fully saturated rings. The maximum absolute atomic E-state index is 6.35. The summed E-state index contributed by atoms with van der Waals surface area (Å²) in [7, 11) is -1.63. The second kappa shape index (κ2) is 7.37. The largest absolute Gasteiger partial charge is 0.411 e. The lowest BCUT2D eigenvalue weighted by Crippen LogP contribution is -2.43. The molecule has 0 aromatic heterocycles. The van der Waals surface area contributed by atoms with E-state index in [0.717, 1.165) is 6.42 Å². The van der Waals surface area contributed by atoms with E-state index in [2.05, 4.69) is 47.4 Å². The third-order valence-corrected chi connectivity index (χ3v) is 8.36. The first-order valence-electron chi connectivity index (χ1n) is 7.05.